The van der Waals surface area contributed by atoms with E-state index in [1.165, 1.54) is 24.4 Å². The number of halogens is 3. The fourth-order valence-electron chi connectivity index (χ4n) is 1.04. The molecular formula is C9H7F3N3NaS. The average Bonchev–Trinajstić information content (AvgIpc) is 2.17. The monoisotopic (exact) mass is 269 g/mol. The summed E-state index contributed by atoms with van der Waals surface area (Å²) >= 11 is 4.61. The molecule has 0 heterocycles. The van der Waals surface area contributed by atoms with Crippen LogP contribution in [0.15, 0.2) is 24.3 Å². The standard InChI is InChI=1S/C9H6F3N3S.Na.H/c10-9(11,12)6-3-1-2-4-7(6)15-8(16)14-5-13;;/h1-4H,(H2,14,15,16);;. The number of thiocarbonyl (C=S) groups is 1. The van der Waals surface area contributed by atoms with Gasteiger partial charge in [-0.3, -0.25) is 5.32 Å². The van der Waals surface area contributed by atoms with Gasteiger partial charge in [-0.05, 0) is 24.4 Å². The molecule has 0 saturated carbocycles. The van der Waals surface area contributed by atoms with E-state index in [4.69, 9.17) is 5.26 Å². The molecule has 3 nitrogen and oxygen atoms in total. The second kappa shape index (κ2) is 6.81. The number of hydrogen-bond donors (Lipinski definition) is 2. The second-order valence-electron chi connectivity index (χ2n) is 2.73. The molecule has 0 radical (unpaired) electrons. The van der Waals surface area contributed by atoms with Crippen LogP contribution in [0.5, 0.6) is 0 Å². The molecule has 0 spiro atoms. The minimum atomic E-state index is -4.47. The van der Waals surface area contributed by atoms with Crippen LogP contribution in [0.1, 0.15) is 5.56 Å². The van der Waals surface area contributed by atoms with E-state index in [-0.39, 0.29) is 40.4 Å². The van der Waals surface area contributed by atoms with Crippen molar-refractivity contribution >= 4 is 52.6 Å². The number of para-hydroxylation sites is 1. The van der Waals surface area contributed by atoms with Crippen molar-refractivity contribution in [1.29, 1.82) is 5.26 Å². The van der Waals surface area contributed by atoms with Crippen molar-refractivity contribution in [3.05, 3.63) is 29.8 Å². The number of anilines is 1. The Morgan fingerprint density at radius 1 is 1.29 bits per heavy atom. The molecule has 2 N–H and O–H groups in total. The van der Waals surface area contributed by atoms with Gasteiger partial charge in [-0.25, -0.2) is 0 Å². The van der Waals surface area contributed by atoms with Gasteiger partial charge in [-0.15, -0.1) is 0 Å². The zero-order valence-electron chi connectivity index (χ0n) is 7.80. The Labute approximate surface area is 123 Å². The molecule has 17 heavy (non-hydrogen) atoms. The number of nitrogens with zero attached hydrogens (tertiary/aromatic N) is 1. The van der Waals surface area contributed by atoms with Gasteiger partial charge < -0.3 is 5.32 Å². The number of hydrogen-bond acceptors (Lipinski definition) is 2. The Balaban J connectivity index is 0.00000256. The summed E-state index contributed by atoms with van der Waals surface area (Å²) in [4.78, 5) is 0. The quantitative estimate of drug-likeness (QED) is 0.353. The van der Waals surface area contributed by atoms with E-state index in [9.17, 15) is 13.2 Å². The maximum atomic E-state index is 12.5. The summed E-state index contributed by atoms with van der Waals surface area (Å²) in [6.07, 6.45) is -2.96. The van der Waals surface area contributed by atoms with Crippen LogP contribution in [0, 0.1) is 11.5 Å². The van der Waals surface area contributed by atoms with Crippen molar-refractivity contribution in [2.75, 3.05) is 5.32 Å². The first-order chi connectivity index (χ1) is 7.45. The molecule has 0 aliphatic heterocycles. The van der Waals surface area contributed by atoms with Crippen molar-refractivity contribution in [3.8, 4) is 6.19 Å². The fourth-order valence-corrected chi connectivity index (χ4v) is 1.20. The number of nitrogens with one attached hydrogen (secondary N) is 2. The Bertz CT molecular complexity index is 442. The molecular weight excluding hydrogens is 262 g/mol. The number of nitriles is 1. The Morgan fingerprint density at radius 2 is 1.88 bits per heavy atom. The third-order valence-corrected chi connectivity index (χ3v) is 1.85. The van der Waals surface area contributed by atoms with Crippen LogP contribution in [0.3, 0.4) is 0 Å². The molecule has 8 heteroatoms. The van der Waals surface area contributed by atoms with Crippen LogP contribution in [-0.4, -0.2) is 34.7 Å². The van der Waals surface area contributed by atoms with Gasteiger partial charge in [0.25, 0.3) is 0 Å². The molecule has 0 aliphatic carbocycles. The predicted molar refractivity (Wildman–Crippen MR) is 63.6 cm³/mol. The molecule has 0 aromatic heterocycles. The van der Waals surface area contributed by atoms with E-state index in [0.29, 0.717) is 0 Å². The predicted octanol–water partition coefficient (Wildman–Crippen LogP) is 1.82. The van der Waals surface area contributed by atoms with Crippen LogP contribution < -0.4 is 10.6 Å². The van der Waals surface area contributed by atoms with Gasteiger partial charge in [-0.1, -0.05) is 12.1 Å². The van der Waals surface area contributed by atoms with E-state index in [0.717, 1.165) is 6.07 Å². The number of rotatable bonds is 1. The molecule has 0 unspecified atom stereocenters. The van der Waals surface area contributed by atoms with Crippen molar-refractivity contribution < 1.29 is 13.2 Å². The van der Waals surface area contributed by atoms with Gasteiger partial charge in [0.2, 0.25) is 0 Å². The van der Waals surface area contributed by atoms with Gasteiger partial charge in [0.1, 0.15) is 0 Å². The van der Waals surface area contributed by atoms with Crippen LogP contribution in [0.4, 0.5) is 18.9 Å². The number of benzene rings is 1. The Kier molecular flexibility index (Phi) is 6.49. The average molecular weight is 269 g/mol. The van der Waals surface area contributed by atoms with Gasteiger partial charge in [0.05, 0.1) is 11.3 Å². The topological polar surface area (TPSA) is 47.9 Å². The summed E-state index contributed by atoms with van der Waals surface area (Å²) < 4.78 is 37.5. The second-order valence-corrected chi connectivity index (χ2v) is 3.14. The summed E-state index contributed by atoms with van der Waals surface area (Å²) in [5.41, 5.74) is -1.03. The van der Waals surface area contributed by atoms with E-state index in [1.54, 1.807) is 0 Å². The van der Waals surface area contributed by atoms with Gasteiger partial charge in [0.15, 0.2) is 11.3 Å². The summed E-state index contributed by atoms with van der Waals surface area (Å²) in [7, 11) is 0. The SMILES string of the molecule is N#CNC(=S)Nc1ccccc1C(F)(F)F.[NaH]. The maximum absolute atomic E-state index is 12.5. The van der Waals surface area contributed by atoms with E-state index in [2.05, 4.69) is 17.5 Å². The van der Waals surface area contributed by atoms with Crippen LogP contribution >= 0.6 is 12.2 Å². The first kappa shape index (κ1) is 16.2. The Hall–Kier alpha value is -0.810. The summed E-state index contributed by atoms with van der Waals surface area (Å²) in [6, 6.07) is 4.87. The van der Waals surface area contributed by atoms with Crippen molar-refractivity contribution in [2.45, 2.75) is 6.18 Å². The van der Waals surface area contributed by atoms with Gasteiger partial charge in [-0.2, -0.15) is 18.4 Å². The van der Waals surface area contributed by atoms with Crippen LogP contribution in [-0.2, 0) is 6.18 Å². The summed E-state index contributed by atoms with van der Waals surface area (Å²) in [5, 5.41) is 12.4. The molecule has 0 saturated heterocycles. The summed E-state index contributed by atoms with van der Waals surface area (Å²) in [5.74, 6) is 0. The molecule has 1 rings (SSSR count). The number of alkyl halides is 3. The first-order valence-electron chi connectivity index (χ1n) is 4.07. The van der Waals surface area contributed by atoms with E-state index >= 15 is 0 Å². The Morgan fingerprint density at radius 3 is 2.41 bits per heavy atom. The van der Waals surface area contributed by atoms with Crippen molar-refractivity contribution in [1.82, 2.24) is 5.32 Å². The molecule has 0 aliphatic rings. The van der Waals surface area contributed by atoms with Crippen LogP contribution in [0.25, 0.3) is 0 Å². The normalized spacial score (nSPS) is 9.76. The molecule has 0 bridgehead atoms. The third-order valence-electron chi connectivity index (χ3n) is 1.65. The zero-order chi connectivity index (χ0) is 12.2. The summed E-state index contributed by atoms with van der Waals surface area (Å²) in [6.45, 7) is 0. The minimum absolute atomic E-state index is 0. The van der Waals surface area contributed by atoms with E-state index < -0.39 is 11.7 Å². The van der Waals surface area contributed by atoms with Gasteiger partial charge in [0, 0.05) is 0 Å². The molecule has 1 aromatic rings. The zero-order valence-corrected chi connectivity index (χ0v) is 8.62. The third kappa shape index (κ3) is 4.91. The molecule has 0 fully saturated rings. The first-order valence-corrected chi connectivity index (χ1v) is 4.48. The molecule has 0 amide bonds. The van der Waals surface area contributed by atoms with E-state index in [1.807, 2.05) is 5.32 Å². The van der Waals surface area contributed by atoms with Crippen molar-refractivity contribution in [3.63, 3.8) is 0 Å². The molecule has 1 aromatic carbocycles. The van der Waals surface area contributed by atoms with Crippen molar-refractivity contribution in [2.24, 2.45) is 0 Å². The molecule has 0 atom stereocenters. The van der Waals surface area contributed by atoms with Gasteiger partial charge >= 0.3 is 35.7 Å². The fraction of sp³-hybridized carbons (Fsp3) is 0.111. The molecule has 86 valence electrons. The van der Waals surface area contributed by atoms with Crippen LogP contribution in [0.2, 0.25) is 0 Å².